The van der Waals surface area contributed by atoms with Crippen LogP contribution in [0.4, 0.5) is 0 Å². The van der Waals surface area contributed by atoms with Gasteiger partial charge in [-0.2, -0.15) is 0 Å². The zero-order chi connectivity index (χ0) is 8.18. The molecule has 1 heterocycles. The molecule has 0 bridgehead atoms. The van der Waals surface area contributed by atoms with Gasteiger partial charge in [-0.3, -0.25) is 4.79 Å². The normalized spacial score (nSPS) is 43.2. The highest BCUT2D eigenvalue weighted by Crippen LogP contribution is 2.56. The third-order valence-electron chi connectivity index (χ3n) is 3.39. The predicted octanol–water partition coefficient (Wildman–Crippen LogP) is 0.728. The summed E-state index contributed by atoms with van der Waals surface area (Å²) in [5.74, 6) is 1.01. The maximum absolute atomic E-state index is 11.1. The summed E-state index contributed by atoms with van der Waals surface area (Å²) >= 11 is 0. The summed E-state index contributed by atoms with van der Waals surface area (Å²) in [7, 11) is 0. The minimum absolute atomic E-state index is 0.323. The summed E-state index contributed by atoms with van der Waals surface area (Å²) < 4.78 is 11.1. The van der Waals surface area contributed by atoms with E-state index in [1.165, 1.54) is 0 Å². The summed E-state index contributed by atoms with van der Waals surface area (Å²) in [5.41, 5.74) is 0. The Morgan fingerprint density at radius 1 is 1.25 bits per heavy atom. The maximum Gasteiger partial charge on any atom is 0.172 e. The van der Waals surface area contributed by atoms with E-state index in [0.717, 1.165) is 12.8 Å². The quantitative estimate of drug-likeness (QED) is 0.535. The molecule has 3 fully saturated rings. The van der Waals surface area contributed by atoms with Gasteiger partial charge in [-0.05, 0) is 5.92 Å². The Morgan fingerprint density at radius 2 is 2.00 bits per heavy atom. The molecule has 3 rings (SSSR count). The second kappa shape index (κ2) is 2.09. The van der Waals surface area contributed by atoms with Crippen LogP contribution < -0.4 is 0 Å². The molecule has 1 saturated heterocycles. The van der Waals surface area contributed by atoms with Gasteiger partial charge in [0.2, 0.25) is 0 Å². The molecule has 0 aromatic rings. The molecule has 0 N–H and O–H groups in total. The molecule has 0 aromatic heterocycles. The van der Waals surface area contributed by atoms with Gasteiger partial charge in [0.1, 0.15) is 5.78 Å². The number of Topliss-reactive ketones (excluding diaryl/α,β-unsaturated/α-hetero) is 1. The molecule has 0 amide bonds. The molecule has 0 radical (unpaired) electrons. The van der Waals surface area contributed by atoms with Crippen molar-refractivity contribution in [3.8, 4) is 0 Å². The van der Waals surface area contributed by atoms with Gasteiger partial charge >= 0.3 is 0 Å². The summed E-state index contributed by atoms with van der Waals surface area (Å²) in [6, 6.07) is 0. The topological polar surface area (TPSA) is 35.5 Å². The summed E-state index contributed by atoms with van der Waals surface area (Å²) in [6.07, 6.45) is 2.40. The van der Waals surface area contributed by atoms with Crippen molar-refractivity contribution in [3.05, 3.63) is 0 Å². The van der Waals surface area contributed by atoms with Gasteiger partial charge in [0.15, 0.2) is 5.79 Å². The molecule has 1 aliphatic heterocycles. The zero-order valence-corrected chi connectivity index (χ0v) is 6.91. The van der Waals surface area contributed by atoms with Crippen LogP contribution in [0.25, 0.3) is 0 Å². The highest BCUT2D eigenvalue weighted by molar-refractivity contribution is 5.82. The van der Waals surface area contributed by atoms with E-state index < -0.39 is 0 Å². The fourth-order valence-electron chi connectivity index (χ4n) is 2.82. The Morgan fingerprint density at radius 3 is 2.67 bits per heavy atom. The number of ether oxygens (including phenoxy) is 2. The molecule has 66 valence electrons. The van der Waals surface area contributed by atoms with Crippen molar-refractivity contribution in [3.63, 3.8) is 0 Å². The summed E-state index contributed by atoms with van der Waals surface area (Å²) in [6.45, 7) is 1.41. The van der Waals surface area contributed by atoms with Crippen LogP contribution in [0.5, 0.6) is 0 Å². The summed E-state index contributed by atoms with van der Waals surface area (Å²) in [5, 5.41) is 0. The SMILES string of the molecule is O=C1C[C@@H]2CC3(OCCO3)[C@@H]2C1. The molecule has 2 saturated carbocycles. The standard InChI is InChI=1S/C9H12O3/c10-7-3-6-5-9(8(6)4-7)11-1-2-12-9/h6,8H,1-5H2/t6-,8-/m1/s1. The Kier molecular flexibility index (Phi) is 1.23. The highest BCUT2D eigenvalue weighted by atomic mass is 16.7. The van der Waals surface area contributed by atoms with Gasteiger partial charge in [-0.1, -0.05) is 0 Å². The van der Waals surface area contributed by atoms with Crippen LogP contribution in [-0.4, -0.2) is 24.8 Å². The van der Waals surface area contributed by atoms with Gasteiger partial charge in [0.05, 0.1) is 13.2 Å². The lowest BCUT2D eigenvalue weighted by Crippen LogP contribution is -2.52. The van der Waals surface area contributed by atoms with E-state index in [-0.39, 0.29) is 5.79 Å². The van der Waals surface area contributed by atoms with Crippen LogP contribution >= 0.6 is 0 Å². The highest BCUT2D eigenvalue weighted by Gasteiger charge is 2.61. The Bertz CT molecular complexity index is 230. The lowest BCUT2D eigenvalue weighted by molar-refractivity contribution is -0.267. The van der Waals surface area contributed by atoms with Gasteiger partial charge in [-0.15, -0.1) is 0 Å². The van der Waals surface area contributed by atoms with Crippen molar-refractivity contribution in [2.75, 3.05) is 13.2 Å². The van der Waals surface area contributed by atoms with Crippen molar-refractivity contribution in [1.82, 2.24) is 0 Å². The molecular weight excluding hydrogens is 156 g/mol. The third-order valence-corrected chi connectivity index (χ3v) is 3.39. The molecule has 1 spiro atoms. The van der Waals surface area contributed by atoms with Crippen molar-refractivity contribution in [1.29, 1.82) is 0 Å². The van der Waals surface area contributed by atoms with Crippen molar-refractivity contribution >= 4 is 5.78 Å². The predicted molar refractivity (Wildman–Crippen MR) is 40.5 cm³/mol. The fraction of sp³-hybridized carbons (Fsp3) is 0.889. The summed E-state index contributed by atoms with van der Waals surface area (Å²) in [4.78, 5) is 11.1. The van der Waals surface area contributed by atoms with E-state index in [2.05, 4.69) is 0 Å². The van der Waals surface area contributed by atoms with Gasteiger partial charge < -0.3 is 9.47 Å². The first-order chi connectivity index (χ1) is 5.80. The van der Waals surface area contributed by atoms with E-state index in [1.807, 2.05) is 0 Å². The lowest BCUT2D eigenvalue weighted by atomic mass is 9.70. The van der Waals surface area contributed by atoms with E-state index in [9.17, 15) is 4.79 Å². The number of carbonyl (C=O) groups excluding carboxylic acids is 1. The molecule has 3 heteroatoms. The van der Waals surface area contributed by atoms with E-state index in [4.69, 9.17) is 9.47 Å². The molecule has 3 aliphatic rings. The number of rotatable bonds is 0. The van der Waals surface area contributed by atoms with Crippen molar-refractivity contribution in [2.45, 2.75) is 25.0 Å². The molecule has 3 nitrogen and oxygen atoms in total. The van der Waals surface area contributed by atoms with Crippen molar-refractivity contribution < 1.29 is 14.3 Å². The van der Waals surface area contributed by atoms with E-state index in [0.29, 0.717) is 37.3 Å². The maximum atomic E-state index is 11.1. The van der Waals surface area contributed by atoms with Crippen LogP contribution in [0.2, 0.25) is 0 Å². The molecule has 2 aliphatic carbocycles. The van der Waals surface area contributed by atoms with E-state index >= 15 is 0 Å². The molecule has 2 atom stereocenters. The molecule has 0 aromatic carbocycles. The number of ketones is 1. The monoisotopic (exact) mass is 168 g/mol. The fourth-order valence-corrected chi connectivity index (χ4v) is 2.82. The largest absolute Gasteiger partial charge is 0.347 e. The zero-order valence-electron chi connectivity index (χ0n) is 6.91. The molecular formula is C9H12O3. The van der Waals surface area contributed by atoms with Crippen LogP contribution in [-0.2, 0) is 14.3 Å². The van der Waals surface area contributed by atoms with Crippen molar-refractivity contribution in [2.24, 2.45) is 11.8 Å². The number of hydrogen-bond donors (Lipinski definition) is 0. The van der Waals surface area contributed by atoms with Gasteiger partial charge in [0.25, 0.3) is 0 Å². The first kappa shape index (κ1) is 7.04. The second-order valence-corrected chi connectivity index (χ2v) is 4.03. The van der Waals surface area contributed by atoms with Gasteiger partial charge in [0, 0.05) is 25.2 Å². The van der Waals surface area contributed by atoms with E-state index in [1.54, 1.807) is 0 Å². The Balaban J connectivity index is 1.82. The molecule has 12 heavy (non-hydrogen) atoms. The number of fused-ring (bicyclic) bond motifs is 2. The van der Waals surface area contributed by atoms with Crippen LogP contribution in [0, 0.1) is 11.8 Å². The number of hydrogen-bond acceptors (Lipinski definition) is 3. The minimum Gasteiger partial charge on any atom is -0.347 e. The second-order valence-electron chi connectivity index (χ2n) is 4.03. The Labute approximate surface area is 71.0 Å². The first-order valence-corrected chi connectivity index (χ1v) is 4.60. The van der Waals surface area contributed by atoms with Gasteiger partial charge in [-0.25, -0.2) is 0 Å². The van der Waals surface area contributed by atoms with Crippen LogP contribution in [0.15, 0.2) is 0 Å². The smallest absolute Gasteiger partial charge is 0.172 e. The Hall–Kier alpha value is -0.410. The van der Waals surface area contributed by atoms with Crippen LogP contribution in [0.3, 0.4) is 0 Å². The third kappa shape index (κ3) is 0.709. The minimum atomic E-state index is -0.323. The molecule has 0 unspecified atom stereocenters. The average Bonchev–Trinajstić information content (AvgIpc) is 2.57. The lowest BCUT2D eigenvalue weighted by Gasteiger charge is -2.47. The average molecular weight is 168 g/mol. The number of carbonyl (C=O) groups is 1. The first-order valence-electron chi connectivity index (χ1n) is 4.60. The van der Waals surface area contributed by atoms with Crippen LogP contribution in [0.1, 0.15) is 19.3 Å².